The van der Waals surface area contributed by atoms with Crippen molar-refractivity contribution in [2.75, 3.05) is 0 Å². The summed E-state index contributed by atoms with van der Waals surface area (Å²) in [5.41, 5.74) is 0.475. The predicted octanol–water partition coefficient (Wildman–Crippen LogP) is 3.50. The van der Waals surface area contributed by atoms with Crippen LogP contribution in [0.4, 0.5) is 0 Å². The molecule has 1 unspecified atom stereocenters. The van der Waals surface area contributed by atoms with Gasteiger partial charge >= 0.3 is 0 Å². The van der Waals surface area contributed by atoms with Gasteiger partial charge < -0.3 is 10.2 Å². The van der Waals surface area contributed by atoms with E-state index in [9.17, 15) is 15.0 Å². The molecule has 0 aromatic heterocycles. The molecule has 0 saturated carbocycles. The van der Waals surface area contributed by atoms with Gasteiger partial charge in [-0.2, -0.15) is 0 Å². The van der Waals surface area contributed by atoms with E-state index >= 15 is 0 Å². The van der Waals surface area contributed by atoms with E-state index in [4.69, 9.17) is 0 Å². The molecule has 0 spiro atoms. The van der Waals surface area contributed by atoms with Crippen molar-refractivity contribution in [3.63, 3.8) is 0 Å². The summed E-state index contributed by atoms with van der Waals surface area (Å²) in [6.07, 6.45) is 3.80. The van der Waals surface area contributed by atoms with Crippen molar-refractivity contribution in [2.45, 2.75) is 39.5 Å². The van der Waals surface area contributed by atoms with Crippen LogP contribution in [0.3, 0.4) is 0 Å². The third-order valence-electron chi connectivity index (χ3n) is 3.03. The number of rotatable bonds is 6. The van der Waals surface area contributed by atoms with Gasteiger partial charge in [0.25, 0.3) is 0 Å². The van der Waals surface area contributed by atoms with Gasteiger partial charge in [0.1, 0.15) is 0 Å². The minimum Gasteiger partial charge on any atom is -0.504 e. The fraction of sp³-hybridized carbons (Fsp3) is 0.500. The Morgan fingerprint density at radius 3 is 2.47 bits per heavy atom. The molecule has 0 amide bonds. The number of Topliss-reactive ketones (excluding diaryl/α,β-unsaturated/α-hetero) is 1. The maximum Gasteiger partial charge on any atom is 0.166 e. The van der Waals surface area contributed by atoms with Crippen LogP contribution >= 0.6 is 0 Å². The fourth-order valence-corrected chi connectivity index (χ4v) is 1.88. The Hall–Kier alpha value is -1.51. The average molecular weight is 236 g/mol. The van der Waals surface area contributed by atoms with Crippen LogP contribution in [0.25, 0.3) is 0 Å². The minimum absolute atomic E-state index is 0.0129. The summed E-state index contributed by atoms with van der Waals surface area (Å²) in [4.78, 5) is 12.2. The highest BCUT2D eigenvalue weighted by molar-refractivity contribution is 5.98. The first-order valence-electron chi connectivity index (χ1n) is 6.16. The first-order chi connectivity index (χ1) is 8.10. The predicted molar refractivity (Wildman–Crippen MR) is 67.4 cm³/mol. The molecule has 0 aliphatic rings. The fourth-order valence-electron chi connectivity index (χ4n) is 1.88. The van der Waals surface area contributed by atoms with E-state index in [-0.39, 0.29) is 23.2 Å². The van der Waals surface area contributed by atoms with E-state index in [1.165, 1.54) is 12.1 Å². The zero-order valence-corrected chi connectivity index (χ0v) is 10.4. The van der Waals surface area contributed by atoms with Crippen LogP contribution in [0.2, 0.25) is 0 Å². The molecule has 3 nitrogen and oxygen atoms in total. The summed E-state index contributed by atoms with van der Waals surface area (Å²) < 4.78 is 0. The number of hydrogen-bond donors (Lipinski definition) is 2. The molecule has 0 bridgehead atoms. The molecule has 2 N–H and O–H groups in total. The number of phenols is 2. The largest absolute Gasteiger partial charge is 0.504 e. The van der Waals surface area contributed by atoms with Crippen LogP contribution in [0.1, 0.15) is 49.9 Å². The van der Waals surface area contributed by atoms with Gasteiger partial charge in [-0.25, -0.2) is 0 Å². The van der Waals surface area contributed by atoms with Crippen molar-refractivity contribution in [1.29, 1.82) is 0 Å². The lowest BCUT2D eigenvalue weighted by Gasteiger charge is -2.13. The molecule has 0 radical (unpaired) electrons. The second-order valence-electron chi connectivity index (χ2n) is 4.32. The van der Waals surface area contributed by atoms with Gasteiger partial charge in [-0.3, -0.25) is 4.79 Å². The van der Waals surface area contributed by atoms with Crippen molar-refractivity contribution >= 4 is 5.78 Å². The Kier molecular flexibility index (Phi) is 5.01. The lowest BCUT2D eigenvalue weighted by Crippen LogP contribution is -2.13. The summed E-state index contributed by atoms with van der Waals surface area (Å²) >= 11 is 0. The normalized spacial score (nSPS) is 12.4. The van der Waals surface area contributed by atoms with Gasteiger partial charge in [0.05, 0.1) is 0 Å². The van der Waals surface area contributed by atoms with Crippen LogP contribution < -0.4 is 0 Å². The summed E-state index contributed by atoms with van der Waals surface area (Å²) in [6, 6.07) is 4.26. The monoisotopic (exact) mass is 236 g/mol. The van der Waals surface area contributed by atoms with E-state index in [0.717, 1.165) is 25.7 Å². The van der Waals surface area contributed by atoms with Crippen LogP contribution in [0.5, 0.6) is 11.5 Å². The highest BCUT2D eigenvalue weighted by Crippen LogP contribution is 2.27. The number of hydrogen-bond acceptors (Lipinski definition) is 3. The molecule has 0 aliphatic carbocycles. The summed E-state index contributed by atoms with van der Waals surface area (Å²) in [7, 11) is 0. The van der Waals surface area contributed by atoms with Gasteiger partial charge in [-0.1, -0.05) is 26.7 Å². The first kappa shape index (κ1) is 13.6. The molecule has 3 heteroatoms. The number of phenolic OH excluding ortho intramolecular Hbond substituents is 2. The molecular formula is C14H20O3. The summed E-state index contributed by atoms with van der Waals surface area (Å²) in [5.74, 6) is -0.362. The molecule has 0 fully saturated rings. The zero-order valence-electron chi connectivity index (χ0n) is 10.4. The third-order valence-corrected chi connectivity index (χ3v) is 3.03. The lowest BCUT2D eigenvalue weighted by molar-refractivity contribution is 0.0908. The smallest absolute Gasteiger partial charge is 0.166 e. The van der Waals surface area contributed by atoms with Gasteiger partial charge in [0.2, 0.25) is 0 Å². The van der Waals surface area contributed by atoms with Crippen LogP contribution in [-0.2, 0) is 0 Å². The topological polar surface area (TPSA) is 57.5 Å². The van der Waals surface area contributed by atoms with Gasteiger partial charge in [-0.15, -0.1) is 0 Å². The quantitative estimate of drug-likeness (QED) is 0.587. The number of ketones is 1. The van der Waals surface area contributed by atoms with Crippen molar-refractivity contribution < 1.29 is 15.0 Å². The molecule has 0 heterocycles. The van der Waals surface area contributed by atoms with E-state index in [2.05, 4.69) is 6.92 Å². The van der Waals surface area contributed by atoms with E-state index in [0.29, 0.717) is 5.56 Å². The Labute approximate surface area is 102 Å². The van der Waals surface area contributed by atoms with Crippen molar-refractivity contribution in [3.05, 3.63) is 23.8 Å². The maximum atomic E-state index is 12.2. The highest BCUT2D eigenvalue weighted by atomic mass is 16.3. The number of carbonyl (C=O) groups is 1. The third kappa shape index (κ3) is 3.48. The second-order valence-corrected chi connectivity index (χ2v) is 4.32. The minimum atomic E-state index is -0.235. The molecule has 94 valence electrons. The molecule has 0 aliphatic heterocycles. The first-order valence-corrected chi connectivity index (χ1v) is 6.16. The Bertz CT molecular complexity index is 385. The highest BCUT2D eigenvalue weighted by Gasteiger charge is 2.18. The number of unbranched alkanes of at least 4 members (excludes halogenated alkanes) is 1. The zero-order chi connectivity index (χ0) is 12.8. The van der Waals surface area contributed by atoms with Gasteiger partial charge in [0.15, 0.2) is 17.3 Å². The summed E-state index contributed by atoms with van der Waals surface area (Å²) in [5, 5.41) is 18.6. The van der Waals surface area contributed by atoms with Crippen molar-refractivity contribution in [3.8, 4) is 11.5 Å². The van der Waals surface area contributed by atoms with Crippen molar-refractivity contribution in [2.24, 2.45) is 5.92 Å². The van der Waals surface area contributed by atoms with Crippen LogP contribution in [0, 0.1) is 5.92 Å². The number of benzene rings is 1. The van der Waals surface area contributed by atoms with E-state index in [1.54, 1.807) is 6.07 Å². The molecule has 1 aromatic carbocycles. The maximum absolute atomic E-state index is 12.2. The second kappa shape index (κ2) is 6.28. The van der Waals surface area contributed by atoms with E-state index < -0.39 is 0 Å². The number of carbonyl (C=O) groups excluding carboxylic acids is 1. The molecule has 1 aromatic rings. The van der Waals surface area contributed by atoms with E-state index in [1.807, 2.05) is 6.92 Å². The van der Waals surface area contributed by atoms with Gasteiger partial charge in [-0.05, 0) is 31.0 Å². The van der Waals surface area contributed by atoms with Crippen LogP contribution in [-0.4, -0.2) is 16.0 Å². The molecule has 0 saturated heterocycles. The Balaban J connectivity index is 2.82. The Morgan fingerprint density at radius 1 is 1.24 bits per heavy atom. The average Bonchev–Trinajstić information content (AvgIpc) is 2.33. The van der Waals surface area contributed by atoms with Crippen molar-refractivity contribution in [1.82, 2.24) is 0 Å². The summed E-state index contributed by atoms with van der Waals surface area (Å²) in [6.45, 7) is 4.10. The number of aromatic hydroxyl groups is 2. The molecule has 1 rings (SSSR count). The SMILES string of the molecule is CCCCC(CC)C(=O)c1ccc(O)c(O)c1. The lowest BCUT2D eigenvalue weighted by atomic mass is 9.90. The van der Waals surface area contributed by atoms with Gasteiger partial charge in [0, 0.05) is 11.5 Å². The standard InChI is InChI=1S/C14H20O3/c1-3-5-6-10(4-2)14(17)11-7-8-12(15)13(16)9-11/h7-10,15-16H,3-6H2,1-2H3. The Morgan fingerprint density at radius 2 is 1.94 bits per heavy atom. The molecule has 17 heavy (non-hydrogen) atoms. The molecule has 1 atom stereocenters. The molecular weight excluding hydrogens is 216 g/mol. The van der Waals surface area contributed by atoms with Crippen LogP contribution in [0.15, 0.2) is 18.2 Å².